The Labute approximate surface area is 197 Å². The number of fused-ring (bicyclic) bond motifs is 1. The summed E-state index contributed by atoms with van der Waals surface area (Å²) in [6.07, 6.45) is 1.63. The molecule has 3 rings (SSSR count). The van der Waals surface area contributed by atoms with Crippen molar-refractivity contribution in [1.82, 2.24) is 15.5 Å². The van der Waals surface area contributed by atoms with Gasteiger partial charge in [0.1, 0.15) is 0 Å². The highest BCUT2D eigenvalue weighted by Gasteiger charge is 2.25. The van der Waals surface area contributed by atoms with Gasteiger partial charge in [0.15, 0.2) is 5.96 Å². The molecule has 2 unspecified atom stereocenters. The van der Waals surface area contributed by atoms with Gasteiger partial charge >= 0.3 is 0 Å². The Balaban J connectivity index is 0.00000320. The normalized spacial score (nSPS) is 20.7. The fraction of sp³-hybridized carbons (Fsp3) is 0.636. The van der Waals surface area contributed by atoms with E-state index in [4.69, 9.17) is 4.74 Å². The molecule has 1 fully saturated rings. The van der Waals surface area contributed by atoms with Crippen LogP contribution in [0.25, 0.3) is 0 Å². The highest BCUT2D eigenvalue weighted by Crippen LogP contribution is 2.31. The average molecular weight is 529 g/mol. The van der Waals surface area contributed by atoms with Crippen LogP contribution >= 0.6 is 24.0 Å². The Bertz CT molecular complexity index is 707. The van der Waals surface area contributed by atoms with Gasteiger partial charge in [-0.15, -0.1) is 24.0 Å². The van der Waals surface area contributed by atoms with E-state index >= 15 is 0 Å². The number of aliphatic imine (C=N–C) groups is 1. The van der Waals surface area contributed by atoms with Crippen LogP contribution in [0.3, 0.4) is 0 Å². The van der Waals surface area contributed by atoms with Crippen molar-refractivity contribution in [2.24, 2.45) is 10.9 Å². The fourth-order valence-electron chi connectivity index (χ4n) is 4.19. The molecule has 1 aromatic carbocycles. The Morgan fingerprint density at radius 1 is 1.27 bits per heavy atom. The van der Waals surface area contributed by atoms with Crippen molar-refractivity contribution < 1.29 is 9.53 Å². The van der Waals surface area contributed by atoms with Crippen molar-refractivity contribution in [3.63, 3.8) is 0 Å². The summed E-state index contributed by atoms with van der Waals surface area (Å²) in [5.41, 5.74) is 2.10. The SMILES string of the molecule is CN=C(NCC1CC(=O)Nc2ccccc21)NCC(CC(C)C)N1CCOCC1.I. The number of amides is 1. The van der Waals surface area contributed by atoms with Crippen molar-refractivity contribution in [2.45, 2.75) is 38.6 Å². The molecular formula is C22H36IN5O2. The van der Waals surface area contributed by atoms with E-state index < -0.39 is 0 Å². The minimum absolute atomic E-state index is 0. The van der Waals surface area contributed by atoms with Gasteiger partial charge in [0.05, 0.1) is 13.2 Å². The lowest BCUT2D eigenvalue weighted by atomic mass is 9.90. The van der Waals surface area contributed by atoms with Gasteiger partial charge in [-0.25, -0.2) is 0 Å². The lowest BCUT2D eigenvalue weighted by Crippen LogP contribution is -2.51. The number of ether oxygens (including phenoxy) is 1. The van der Waals surface area contributed by atoms with E-state index in [0.29, 0.717) is 24.9 Å². The van der Waals surface area contributed by atoms with Crippen molar-refractivity contribution in [3.8, 4) is 0 Å². The quantitative estimate of drug-likeness (QED) is 0.288. The zero-order valence-electron chi connectivity index (χ0n) is 18.3. The first-order valence-electron chi connectivity index (χ1n) is 10.7. The van der Waals surface area contributed by atoms with Crippen LogP contribution in [0.2, 0.25) is 0 Å². The van der Waals surface area contributed by atoms with Gasteiger partial charge in [-0.2, -0.15) is 0 Å². The summed E-state index contributed by atoms with van der Waals surface area (Å²) in [6, 6.07) is 8.49. The summed E-state index contributed by atoms with van der Waals surface area (Å²) in [5, 5.41) is 9.89. The van der Waals surface area contributed by atoms with Crippen molar-refractivity contribution in [2.75, 3.05) is 51.8 Å². The number of guanidine groups is 1. The number of morpholine rings is 1. The summed E-state index contributed by atoms with van der Waals surface area (Å²) in [6.45, 7) is 9.65. The third-order valence-electron chi connectivity index (χ3n) is 5.66. The summed E-state index contributed by atoms with van der Waals surface area (Å²) >= 11 is 0. The molecule has 2 heterocycles. The Morgan fingerprint density at radius 3 is 2.70 bits per heavy atom. The minimum atomic E-state index is 0. The third-order valence-corrected chi connectivity index (χ3v) is 5.66. The van der Waals surface area contributed by atoms with E-state index in [2.05, 4.69) is 45.8 Å². The van der Waals surface area contributed by atoms with Crippen LogP contribution in [0.5, 0.6) is 0 Å². The Morgan fingerprint density at radius 2 is 2.00 bits per heavy atom. The second kappa shape index (κ2) is 12.5. The van der Waals surface area contributed by atoms with E-state index in [1.807, 2.05) is 18.2 Å². The van der Waals surface area contributed by atoms with Crippen LogP contribution < -0.4 is 16.0 Å². The monoisotopic (exact) mass is 529 g/mol. The molecule has 168 valence electrons. The molecule has 8 heteroatoms. The van der Waals surface area contributed by atoms with E-state index in [1.165, 1.54) is 5.56 Å². The first-order chi connectivity index (χ1) is 14.1. The number of anilines is 1. The zero-order valence-corrected chi connectivity index (χ0v) is 20.6. The zero-order chi connectivity index (χ0) is 20.6. The van der Waals surface area contributed by atoms with Crippen LogP contribution in [0, 0.1) is 5.92 Å². The number of nitrogens with one attached hydrogen (secondary N) is 3. The molecule has 0 aliphatic carbocycles. The van der Waals surface area contributed by atoms with E-state index in [0.717, 1.165) is 50.9 Å². The molecule has 30 heavy (non-hydrogen) atoms. The van der Waals surface area contributed by atoms with E-state index in [-0.39, 0.29) is 35.8 Å². The predicted octanol–water partition coefficient (Wildman–Crippen LogP) is 2.64. The predicted molar refractivity (Wildman–Crippen MR) is 133 cm³/mol. The largest absolute Gasteiger partial charge is 0.379 e. The van der Waals surface area contributed by atoms with Crippen LogP contribution in [0.15, 0.2) is 29.3 Å². The number of rotatable bonds is 7. The van der Waals surface area contributed by atoms with Gasteiger partial charge < -0.3 is 20.7 Å². The number of para-hydroxylation sites is 1. The summed E-state index contributed by atoms with van der Waals surface area (Å²) in [4.78, 5) is 19.0. The number of carbonyl (C=O) groups is 1. The van der Waals surface area contributed by atoms with Gasteiger partial charge in [0.2, 0.25) is 5.91 Å². The maximum absolute atomic E-state index is 12.0. The number of halogens is 1. The Kier molecular flexibility index (Phi) is 10.3. The topological polar surface area (TPSA) is 78.0 Å². The lowest BCUT2D eigenvalue weighted by Gasteiger charge is -2.36. The molecule has 0 saturated carbocycles. The molecule has 0 spiro atoms. The average Bonchev–Trinajstić information content (AvgIpc) is 2.73. The highest BCUT2D eigenvalue weighted by atomic mass is 127. The number of hydrogen-bond acceptors (Lipinski definition) is 4. The maximum atomic E-state index is 12.0. The van der Waals surface area contributed by atoms with Crippen molar-refractivity contribution in [1.29, 1.82) is 0 Å². The molecule has 1 amide bonds. The molecule has 7 nitrogen and oxygen atoms in total. The second-order valence-corrected chi connectivity index (χ2v) is 8.30. The van der Waals surface area contributed by atoms with Crippen LogP contribution in [0.4, 0.5) is 5.69 Å². The van der Waals surface area contributed by atoms with E-state index in [1.54, 1.807) is 7.05 Å². The van der Waals surface area contributed by atoms with Crippen LogP contribution in [-0.4, -0.2) is 69.2 Å². The van der Waals surface area contributed by atoms with Crippen molar-refractivity contribution >= 4 is 41.5 Å². The van der Waals surface area contributed by atoms with Crippen molar-refractivity contribution in [3.05, 3.63) is 29.8 Å². The Hall–Kier alpha value is -1.39. The first kappa shape index (κ1) is 24.9. The molecule has 2 aliphatic heterocycles. The molecule has 0 radical (unpaired) electrons. The number of hydrogen-bond donors (Lipinski definition) is 3. The standard InChI is InChI=1S/C22H35N5O2.HI/c1-16(2)12-18(27-8-10-29-11-9-27)15-25-22(23-3)24-14-17-13-21(28)26-20-7-5-4-6-19(17)20;/h4-7,16-18H,8-15H2,1-3H3,(H,26,28)(H2,23,24,25);1H. The molecule has 3 N–H and O–H groups in total. The lowest BCUT2D eigenvalue weighted by molar-refractivity contribution is -0.116. The number of benzene rings is 1. The highest BCUT2D eigenvalue weighted by molar-refractivity contribution is 14.0. The van der Waals surface area contributed by atoms with E-state index in [9.17, 15) is 4.79 Å². The van der Waals surface area contributed by atoms with Crippen LogP contribution in [-0.2, 0) is 9.53 Å². The summed E-state index contributed by atoms with van der Waals surface area (Å²) in [7, 11) is 1.79. The molecule has 2 aliphatic rings. The van der Waals surface area contributed by atoms with Gasteiger partial charge in [-0.3, -0.25) is 14.7 Å². The first-order valence-corrected chi connectivity index (χ1v) is 10.7. The third kappa shape index (κ3) is 7.09. The fourth-order valence-corrected chi connectivity index (χ4v) is 4.19. The molecule has 2 atom stereocenters. The van der Waals surface area contributed by atoms with Gasteiger partial charge in [0, 0.05) is 57.3 Å². The molecule has 1 saturated heterocycles. The summed E-state index contributed by atoms with van der Waals surface area (Å²) in [5.74, 6) is 1.64. The second-order valence-electron chi connectivity index (χ2n) is 8.30. The molecular weight excluding hydrogens is 493 g/mol. The molecule has 0 aromatic heterocycles. The smallest absolute Gasteiger partial charge is 0.225 e. The summed E-state index contributed by atoms with van der Waals surface area (Å²) < 4.78 is 5.51. The number of nitrogens with zero attached hydrogens (tertiary/aromatic N) is 2. The van der Waals surface area contributed by atoms with Gasteiger partial charge in [-0.1, -0.05) is 32.0 Å². The molecule has 1 aromatic rings. The minimum Gasteiger partial charge on any atom is -0.379 e. The maximum Gasteiger partial charge on any atom is 0.225 e. The van der Waals surface area contributed by atoms with Gasteiger partial charge in [-0.05, 0) is 24.0 Å². The number of carbonyl (C=O) groups excluding carboxylic acids is 1. The van der Waals surface area contributed by atoms with Gasteiger partial charge in [0.25, 0.3) is 0 Å². The van der Waals surface area contributed by atoms with Crippen LogP contribution in [0.1, 0.15) is 38.2 Å². The molecule has 0 bridgehead atoms.